The van der Waals surface area contributed by atoms with Crippen molar-refractivity contribution in [2.45, 2.75) is 51.9 Å². The van der Waals surface area contributed by atoms with Crippen molar-refractivity contribution in [3.05, 3.63) is 81.4 Å². The zero-order valence-electron chi connectivity index (χ0n) is 17.0. The number of hydrazone groups is 1. The van der Waals surface area contributed by atoms with Crippen molar-refractivity contribution >= 4 is 22.7 Å². The number of aromatic nitrogens is 1. The molecule has 1 heterocycles. The van der Waals surface area contributed by atoms with Crippen LogP contribution in [-0.4, -0.2) is 11.2 Å². The van der Waals surface area contributed by atoms with Crippen molar-refractivity contribution in [2.24, 2.45) is 5.10 Å². The minimum atomic E-state index is 0.259. The summed E-state index contributed by atoms with van der Waals surface area (Å²) >= 11 is 1.63. The van der Waals surface area contributed by atoms with Gasteiger partial charge in [-0.15, -0.1) is 11.3 Å². The first-order valence-corrected chi connectivity index (χ1v) is 10.7. The first-order chi connectivity index (χ1) is 13.4. The summed E-state index contributed by atoms with van der Waals surface area (Å²) in [5, 5.41) is 7.35. The largest absolute Gasteiger partial charge is 0.253 e. The molecule has 0 atom stereocenters. The fraction of sp³-hybridized carbons (Fsp3) is 0.333. The highest BCUT2D eigenvalue weighted by Crippen LogP contribution is 2.54. The van der Waals surface area contributed by atoms with Gasteiger partial charge in [-0.2, -0.15) is 5.10 Å². The second-order valence-corrected chi connectivity index (χ2v) is 9.16. The van der Waals surface area contributed by atoms with Gasteiger partial charge in [-0.25, -0.2) is 4.98 Å². The molecular formula is C24H27N3S. The summed E-state index contributed by atoms with van der Waals surface area (Å²) < 4.78 is 0. The van der Waals surface area contributed by atoms with E-state index in [1.165, 1.54) is 27.9 Å². The zero-order valence-corrected chi connectivity index (χ0v) is 17.8. The molecule has 1 saturated carbocycles. The smallest absolute Gasteiger partial charge is 0.203 e. The first kappa shape index (κ1) is 18.9. The van der Waals surface area contributed by atoms with E-state index in [1.807, 2.05) is 36.5 Å². The van der Waals surface area contributed by atoms with Crippen LogP contribution in [0, 0.1) is 20.8 Å². The van der Waals surface area contributed by atoms with E-state index in [0.717, 1.165) is 23.5 Å². The number of thiazole rings is 1. The third kappa shape index (κ3) is 3.74. The van der Waals surface area contributed by atoms with Gasteiger partial charge in [-0.3, -0.25) is 5.43 Å². The highest BCUT2D eigenvalue weighted by Gasteiger charge is 2.44. The van der Waals surface area contributed by atoms with E-state index in [4.69, 9.17) is 4.98 Å². The summed E-state index contributed by atoms with van der Waals surface area (Å²) in [5.74, 6) is 0.537. The standard InChI is InChI=1S/C24H27N3S/c1-16-10-17(2)22(18(3)11-16)24(4)12-20(13-24)21-15-28-23(26-21)27-25-14-19-8-6-5-7-9-19/h5-11,14-15,20H,12-13H2,1-4H3,(H,26,27). The van der Waals surface area contributed by atoms with Crippen molar-refractivity contribution in [1.29, 1.82) is 0 Å². The summed E-state index contributed by atoms with van der Waals surface area (Å²) in [7, 11) is 0. The molecule has 0 unspecified atom stereocenters. The van der Waals surface area contributed by atoms with Crippen molar-refractivity contribution in [1.82, 2.24) is 4.98 Å². The molecule has 3 nitrogen and oxygen atoms in total. The van der Waals surface area contributed by atoms with Gasteiger partial charge in [0.2, 0.25) is 5.13 Å². The maximum atomic E-state index is 4.78. The highest BCUT2D eigenvalue weighted by atomic mass is 32.1. The van der Waals surface area contributed by atoms with Gasteiger partial charge in [0.05, 0.1) is 11.9 Å². The summed E-state index contributed by atoms with van der Waals surface area (Å²) in [6.45, 7) is 9.09. The van der Waals surface area contributed by atoms with E-state index in [0.29, 0.717) is 5.92 Å². The third-order valence-electron chi connectivity index (χ3n) is 5.79. The van der Waals surface area contributed by atoms with Gasteiger partial charge in [0.1, 0.15) is 0 Å². The minimum Gasteiger partial charge on any atom is -0.253 e. The predicted octanol–water partition coefficient (Wildman–Crippen LogP) is 6.35. The molecule has 1 aromatic heterocycles. The fourth-order valence-corrected chi connectivity index (χ4v) is 5.54. The Balaban J connectivity index is 1.41. The van der Waals surface area contributed by atoms with Crippen LogP contribution in [0.15, 0.2) is 52.9 Å². The molecular weight excluding hydrogens is 362 g/mol. The monoisotopic (exact) mass is 389 g/mol. The van der Waals surface area contributed by atoms with Gasteiger partial charge in [0.15, 0.2) is 0 Å². The Kier molecular flexibility index (Phi) is 5.07. The Morgan fingerprint density at radius 3 is 2.46 bits per heavy atom. The molecule has 0 saturated heterocycles. The van der Waals surface area contributed by atoms with E-state index < -0.39 is 0 Å². The minimum absolute atomic E-state index is 0.259. The molecule has 0 amide bonds. The average Bonchev–Trinajstić information content (AvgIpc) is 3.08. The number of hydrogen-bond donors (Lipinski definition) is 1. The Bertz CT molecular complexity index is 975. The number of aryl methyl sites for hydroxylation is 3. The quantitative estimate of drug-likeness (QED) is 0.408. The summed E-state index contributed by atoms with van der Waals surface area (Å²) in [5.41, 5.74) is 11.3. The normalized spacial score (nSPS) is 21.6. The van der Waals surface area contributed by atoms with Gasteiger partial charge in [0, 0.05) is 11.3 Å². The van der Waals surface area contributed by atoms with Gasteiger partial charge in [-0.1, -0.05) is 55.0 Å². The van der Waals surface area contributed by atoms with Crippen LogP contribution in [0.5, 0.6) is 0 Å². The molecule has 0 bridgehead atoms. The lowest BCUT2D eigenvalue weighted by molar-refractivity contribution is 0.220. The molecule has 1 aliphatic rings. The van der Waals surface area contributed by atoms with E-state index >= 15 is 0 Å². The van der Waals surface area contributed by atoms with Crippen LogP contribution in [0.25, 0.3) is 0 Å². The molecule has 1 aliphatic carbocycles. The number of rotatable bonds is 5. The van der Waals surface area contributed by atoms with Gasteiger partial charge >= 0.3 is 0 Å². The number of hydrogen-bond acceptors (Lipinski definition) is 4. The van der Waals surface area contributed by atoms with E-state index in [-0.39, 0.29) is 5.41 Å². The van der Waals surface area contributed by atoms with Crippen LogP contribution in [0.4, 0.5) is 5.13 Å². The molecule has 1 fully saturated rings. The number of benzene rings is 2. The summed E-state index contributed by atoms with van der Waals surface area (Å²) in [4.78, 5) is 4.78. The predicted molar refractivity (Wildman–Crippen MR) is 120 cm³/mol. The van der Waals surface area contributed by atoms with Crippen molar-refractivity contribution in [3.8, 4) is 0 Å². The Morgan fingerprint density at radius 2 is 1.79 bits per heavy atom. The molecule has 144 valence electrons. The molecule has 28 heavy (non-hydrogen) atoms. The second-order valence-electron chi connectivity index (χ2n) is 8.30. The average molecular weight is 390 g/mol. The van der Waals surface area contributed by atoms with Crippen LogP contribution in [0.3, 0.4) is 0 Å². The zero-order chi connectivity index (χ0) is 19.7. The molecule has 2 aromatic carbocycles. The maximum Gasteiger partial charge on any atom is 0.203 e. The lowest BCUT2D eigenvalue weighted by Gasteiger charge is -2.47. The Hall–Kier alpha value is -2.46. The van der Waals surface area contributed by atoms with Crippen LogP contribution >= 0.6 is 11.3 Å². The molecule has 4 heteroatoms. The van der Waals surface area contributed by atoms with Gasteiger partial charge < -0.3 is 0 Å². The topological polar surface area (TPSA) is 37.3 Å². The highest BCUT2D eigenvalue weighted by molar-refractivity contribution is 7.13. The lowest BCUT2D eigenvalue weighted by atomic mass is 9.57. The van der Waals surface area contributed by atoms with Crippen molar-refractivity contribution in [3.63, 3.8) is 0 Å². The third-order valence-corrected chi connectivity index (χ3v) is 6.55. The first-order valence-electron chi connectivity index (χ1n) is 9.82. The molecule has 0 aliphatic heterocycles. The van der Waals surface area contributed by atoms with E-state index in [9.17, 15) is 0 Å². The van der Waals surface area contributed by atoms with E-state index in [2.05, 4.69) is 55.7 Å². The summed E-state index contributed by atoms with van der Waals surface area (Å²) in [6.07, 6.45) is 4.15. The van der Waals surface area contributed by atoms with E-state index in [1.54, 1.807) is 11.3 Å². The van der Waals surface area contributed by atoms with Crippen LogP contribution in [0.2, 0.25) is 0 Å². The SMILES string of the molecule is Cc1cc(C)c(C2(C)CC(c3csc(NN=Cc4ccccc4)n3)C2)c(C)c1. The van der Waals surface area contributed by atoms with Crippen molar-refractivity contribution < 1.29 is 0 Å². The maximum absolute atomic E-state index is 4.78. The summed E-state index contributed by atoms with van der Waals surface area (Å²) in [6, 6.07) is 14.7. The fourth-order valence-electron chi connectivity index (χ4n) is 4.80. The van der Waals surface area contributed by atoms with Crippen LogP contribution in [0.1, 0.15) is 59.2 Å². The molecule has 3 aromatic rings. The Labute approximate surface area is 171 Å². The number of nitrogens with zero attached hydrogens (tertiary/aromatic N) is 2. The van der Waals surface area contributed by atoms with Crippen LogP contribution < -0.4 is 5.43 Å². The van der Waals surface area contributed by atoms with Crippen molar-refractivity contribution in [2.75, 3.05) is 5.43 Å². The number of nitrogens with one attached hydrogen (secondary N) is 1. The molecule has 1 N–H and O–H groups in total. The second kappa shape index (κ2) is 7.51. The Morgan fingerprint density at radius 1 is 1.11 bits per heavy atom. The van der Waals surface area contributed by atoms with Crippen LogP contribution in [-0.2, 0) is 5.41 Å². The molecule has 0 radical (unpaired) electrons. The molecule has 0 spiro atoms. The lowest BCUT2D eigenvalue weighted by Crippen LogP contribution is -2.38. The number of anilines is 1. The van der Waals surface area contributed by atoms with Gasteiger partial charge in [0.25, 0.3) is 0 Å². The molecule has 4 rings (SSSR count). The van der Waals surface area contributed by atoms with Gasteiger partial charge in [-0.05, 0) is 61.3 Å².